The first-order chi connectivity index (χ1) is 11.2. The van der Waals surface area contributed by atoms with Crippen LogP contribution in [0.4, 0.5) is 8.78 Å². The lowest BCUT2D eigenvalue weighted by Gasteiger charge is -2.32. The predicted octanol–water partition coefficient (Wildman–Crippen LogP) is 3.21. The lowest BCUT2D eigenvalue weighted by atomic mass is 9.95. The van der Waals surface area contributed by atoms with Gasteiger partial charge in [0.15, 0.2) is 0 Å². The van der Waals surface area contributed by atoms with Crippen LogP contribution in [0.5, 0.6) is 0 Å². The van der Waals surface area contributed by atoms with Gasteiger partial charge in [-0.3, -0.25) is 4.90 Å². The molecule has 1 heterocycles. The number of fused-ring (bicyclic) bond motifs is 2. The second-order valence-corrected chi connectivity index (χ2v) is 7.59. The summed E-state index contributed by atoms with van der Waals surface area (Å²) in [4.78, 5) is 1.90. The molecular formula is C19H26F2N2. The number of nitrogens with zero attached hydrogens (tertiary/aromatic N) is 1. The number of nitrogens with one attached hydrogen (secondary N) is 1. The lowest BCUT2D eigenvalue weighted by Crippen LogP contribution is -2.44. The van der Waals surface area contributed by atoms with Crippen molar-refractivity contribution in [2.45, 2.75) is 50.0 Å². The fraction of sp³-hybridized carbons (Fsp3) is 0.684. The average molecular weight is 320 g/mol. The number of aryl methyl sites for hydroxylation is 1. The van der Waals surface area contributed by atoms with Gasteiger partial charge in [-0.05, 0) is 68.8 Å². The van der Waals surface area contributed by atoms with E-state index in [4.69, 9.17) is 0 Å². The minimum absolute atomic E-state index is 0.0603. The zero-order valence-corrected chi connectivity index (χ0v) is 13.6. The molecule has 4 heteroatoms. The molecule has 1 saturated carbocycles. The molecule has 2 nitrogen and oxygen atoms in total. The number of halogens is 2. The highest BCUT2D eigenvalue weighted by atomic mass is 19.3. The van der Waals surface area contributed by atoms with Gasteiger partial charge >= 0.3 is 0 Å². The van der Waals surface area contributed by atoms with E-state index in [1.54, 1.807) is 11.1 Å². The van der Waals surface area contributed by atoms with Crippen molar-refractivity contribution in [3.05, 3.63) is 35.4 Å². The molecule has 2 aliphatic carbocycles. The Morgan fingerprint density at radius 1 is 1.22 bits per heavy atom. The Labute approximate surface area is 137 Å². The quantitative estimate of drug-likeness (QED) is 0.896. The first-order valence-corrected chi connectivity index (χ1v) is 9.00. The molecule has 1 saturated heterocycles. The van der Waals surface area contributed by atoms with E-state index in [1.165, 1.54) is 19.3 Å². The first-order valence-electron chi connectivity index (χ1n) is 9.00. The van der Waals surface area contributed by atoms with E-state index in [2.05, 4.69) is 29.6 Å². The Hall–Kier alpha value is -1.00. The SMILES string of the molecule is FC(F)CN1CCC(NC[C@@H]2C[C@]23CCc2ccccc23)CC1. The molecule has 0 unspecified atom stereocenters. The second kappa shape index (κ2) is 6.14. The van der Waals surface area contributed by atoms with Crippen molar-refractivity contribution in [2.24, 2.45) is 5.92 Å². The van der Waals surface area contributed by atoms with Gasteiger partial charge in [0.05, 0.1) is 6.54 Å². The highest BCUT2D eigenvalue weighted by Crippen LogP contribution is 2.61. The van der Waals surface area contributed by atoms with Gasteiger partial charge in [0.2, 0.25) is 0 Å². The summed E-state index contributed by atoms with van der Waals surface area (Å²) in [5.41, 5.74) is 3.61. The number of alkyl halides is 2. The summed E-state index contributed by atoms with van der Waals surface area (Å²) >= 11 is 0. The Bertz CT molecular complexity index is 554. The maximum atomic E-state index is 12.4. The van der Waals surface area contributed by atoms with Crippen molar-refractivity contribution in [1.82, 2.24) is 10.2 Å². The van der Waals surface area contributed by atoms with Crippen LogP contribution in [-0.2, 0) is 11.8 Å². The van der Waals surface area contributed by atoms with Crippen LogP contribution in [0, 0.1) is 5.92 Å². The molecule has 0 radical (unpaired) electrons. The van der Waals surface area contributed by atoms with E-state index >= 15 is 0 Å². The third-order valence-corrected chi connectivity index (χ3v) is 6.26. The molecule has 0 bridgehead atoms. The molecule has 23 heavy (non-hydrogen) atoms. The number of likely N-dealkylation sites (tertiary alicyclic amines) is 1. The van der Waals surface area contributed by atoms with E-state index in [0.717, 1.165) is 38.4 Å². The third kappa shape index (κ3) is 3.03. The van der Waals surface area contributed by atoms with Crippen LogP contribution in [0.1, 0.15) is 36.8 Å². The fourth-order valence-corrected chi connectivity index (χ4v) is 4.82. The summed E-state index contributed by atoms with van der Waals surface area (Å²) in [5, 5.41) is 3.73. The van der Waals surface area contributed by atoms with Gasteiger partial charge in [-0.25, -0.2) is 8.78 Å². The van der Waals surface area contributed by atoms with Gasteiger partial charge in [0.1, 0.15) is 0 Å². The normalized spacial score (nSPS) is 31.0. The Balaban J connectivity index is 1.25. The average Bonchev–Trinajstić information content (AvgIpc) is 3.13. The summed E-state index contributed by atoms with van der Waals surface area (Å²) in [6.45, 7) is 2.64. The molecule has 1 N–H and O–H groups in total. The van der Waals surface area contributed by atoms with Crippen LogP contribution >= 0.6 is 0 Å². The monoisotopic (exact) mass is 320 g/mol. The van der Waals surface area contributed by atoms with E-state index in [9.17, 15) is 8.78 Å². The minimum Gasteiger partial charge on any atom is -0.314 e. The van der Waals surface area contributed by atoms with Crippen LogP contribution in [-0.4, -0.2) is 43.5 Å². The molecule has 1 spiro atoms. The molecule has 126 valence electrons. The van der Waals surface area contributed by atoms with E-state index in [1.807, 2.05) is 4.90 Å². The summed E-state index contributed by atoms with van der Waals surface area (Å²) in [6, 6.07) is 9.45. The Morgan fingerprint density at radius 3 is 2.78 bits per heavy atom. The summed E-state index contributed by atoms with van der Waals surface area (Å²) in [6.07, 6.45) is 3.67. The zero-order chi connectivity index (χ0) is 15.9. The van der Waals surface area contributed by atoms with E-state index in [-0.39, 0.29) is 6.54 Å². The van der Waals surface area contributed by atoms with Gasteiger partial charge in [0, 0.05) is 11.5 Å². The van der Waals surface area contributed by atoms with Crippen molar-refractivity contribution >= 4 is 0 Å². The van der Waals surface area contributed by atoms with Crippen LogP contribution in [0.15, 0.2) is 24.3 Å². The molecule has 1 aromatic rings. The highest BCUT2D eigenvalue weighted by Gasteiger charge is 2.57. The largest absolute Gasteiger partial charge is 0.314 e. The van der Waals surface area contributed by atoms with E-state index in [0.29, 0.717) is 11.5 Å². The van der Waals surface area contributed by atoms with Gasteiger partial charge in [0.25, 0.3) is 6.43 Å². The topological polar surface area (TPSA) is 15.3 Å². The smallest absolute Gasteiger partial charge is 0.251 e. The molecule has 2 fully saturated rings. The number of piperidine rings is 1. The van der Waals surface area contributed by atoms with Crippen molar-refractivity contribution in [2.75, 3.05) is 26.2 Å². The summed E-state index contributed by atoms with van der Waals surface area (Å²) < 4.78 is 24.8. The molecule has 1 aromatic carbocycles. The molecule has 4 rings (SSSR count). The van der Waals surface area contributed by atoms with Gasteiger partial charge in [-0.1, -0.05) is 24.3 Å². The van der Waals surface area contributed by atoms with Crippen LogP contribution in [0.2, 0.25) is 0 Å². The van der Waals surface area contributed by atoms with Crippen molar-refractivity contribution in [3.63, 3.8) is 0 Å². The van der Waals surface area contributed by atoms with Crippen LogP contribution < -0.4 is 5.32 Å². The van der Waals surface area contributed by atoms with Gasteiger partial charge < -0.3 is 5.32 Å². The number of rotatable bonds is 5. The predicted molar refractivity (Wildman–Crippen MR) is 88.0 cm³/mol. The Morgan fingerprint density at radius 2 is 2.00 bits per heavy atom. The summed E-state index contributed by atoms with van der Waals surface area (Å²) in [5.74, 6) is 0.769. The number of hydrogen-bond donors (Lipinski definition) is 1. The van der Waals surface area contributed by atoms with Crippen LogP contribution in [0.25, 0.3) is 0 Å². The minimum atomic E-state index is -2.20. The van der Waals surface area contributed by atoms with E-state index < -0.39 is 6.43 Å². The molecule has 0 aromatic heterocycles. The first kappa shape index (κ1) is 15.5. The van der Waals surface area contributed by atoms with Crippen molar-refractivity contribution in [3.8, 4) is 0 Å². The molecular weight excluding hydrogens is 294 g/mol. The number of benzene rings is 1. The molecule has 1 aliphatic heterocycles. The standard InChI is InChI=1S/C19H26F2N2/c20-18(21)13-23-9-6-16(7-10-23)22-12-15-11-19(15)8-5-14-3-1-2-4-17(14)19/h1-4,15-16,18,22H,5-13H2/t15-,19+/m0/s1. The van der Waals surface area contributed by atoms with Gasteiger partial charge in [-0.2, -0.15) is 0 Å². The van der Waals surface area contributed by atoms with Crippen molar-refractivity contribution in [1.29, 1.82) is 0 Å². The fourth-order valence-electron chi connectivity index (χ4n) is 4.82. The van der Waals surface area contributed by atoms with Gasteiger partial charge in [-0.15, -0.1) is 0 Å². The van der Waals surface area contributed by atoms with Crippen LogP contribution in [0.3, 0.4) is 0 Å². The summed E-state index contributed by atoms with van der Waals surface area (Å²) in [7, 11) is 0. The maximum Gasteiger partial charge on any atom is 0.251 e. The van der Waals surface area contributed by atoms with Crippen molar-refractivity contribution < 1.29 is 8.78 Å². The Kier molecular flexibility index (Phi) is 4.14. The molecule has 2 atom stereocenters. The zero-order valence-electron chi connectivity index (χ0n) is 13.6. The number of hydrogen-bond acceptors (Lipinski definition) is 2. The second-order valence-electron chi connectivity index (χ2n) is 7.59. The lowest BCUT2D eigenvalue weighted by molar-refractivity contribution is 0.0730. The maximum absolute atomic E-state index is 12.4. The highest BCUT2D eigenvalue weighted by molar-refractivity contribution is 5.45. The molecule has 0 amide bonds. The third-order valence-electron chi connectivity index (χ3n) is 6.26. The molecule has 3 aliphatic rings.